The molecule has 6 aromatic carbocycles. The quantitative estimate of drug-likeness (QED) is 0.0494. The number of halogens is 4. The number of carbonyl (C=O) groups is 2. The van der Waals surface area contributed by atoms with Gasteiger partial charge in [-0.25, -0.2) is 37.1 Å². The third-order valence-corrected chi connectivity index (χ3v) is 23.3. The van der Waals surface area contributed by atoms with Crippen LogP contribution in [0.5, 0.6) is 0 Å². The third kappa shape index (κ3) is 29.6. The number of nitrogens with zero attached hydrogens (tertiary/aromatic N) is 4. The van der Waals surface area contributed by atoms with Gasteiger partial charge in [0.1, 0.15) is 25.4 Å². The molecule has 10 nitrogen and oxygen atoms in total. The highest BCUT2D eigenvalue weighted by atomic mass is 32.2. The van der Waals surface area contributed by atoms with Gasteiger partial charge in [0.2, 0.25) is 0 Å². The molecule has 2 aromatic heterocycles. The summed E-state index contributed by atoms with van der Waals surface area (Å²) < 4.78 is 60.2. The summed E-state index contributed by atoms with van der Waals surface area (Å²) in [5.41, 5.74) is 0. The molecule has 4 aliphatic carbocycles. The highest BCUT2D eigenvalue weighted by Crippen LogP contribution is 2.43. The molecule has 0 unspecified atom stereocenters. The van der Waals surface area contributed by atoms with Gasteiger partial charge in [-0.2, -0.15) is 0 Å². The van der Waals surface area contributed by atoms with E-state index in [1.165, 1.54) is 154 Å². The second-order valence-corrected chi connectivity index (χ2v) is 30.7. The number of aliphatic hydroxyl groups excluding tert-OH is 2. The number of imidazole rings is 2. The van der Waals surface area contributed by atoms with Crippen molar-refractivity contribution in [2.45, 2.75) is 230 Å². The van der Waals surface area contributed by atoms with Crippen molar-refractivity contribution in [3.63, 3.8) is 0 Å². The third-order valence-electron chi connectivity index (χ3n) is 18.8. The molecule has 16 heteroatoms. The van der Waals surface area contributed by atoms with Crippen molar-refractivity contribution < 1.29 is 46.8 Å². The van der Waals surface area contributed by atoms with Crippen molar-refractivity contribution in [1.29, 1.82) is 0 Å². The van der Waals surface area contributed by atoms with Crippen LogP contribution in [0.4, 0.5) is 27.2 Å². The minimum absolute atomic E-state index is 0. The number of alkyl halides is 4. The fourth-order valence-electron chi connectivity index (χ4n) is 13.5. The van der Waals surface area contributed by atoms with E-state index in [0.29, 0.717) is 6.92 Å². The van der Waals surface area contributed by atoms with E-state index in [0.717, 1.165) is 81.0 Å². The van der Waals surface area contributed by atoms with Gasteiger partial charge in [-0.1, -0.05) is 195 Å². The van der Waals surface area contributed by atoms with Crippen LogP contribution in [0.15, 0.2) is 249 Å². The Hall–Kier alpha value is -6.98. The molecule has 536 valence electrons. The summed E-state index contributed by atoms with van der Waals surface area (Å²) in [6.45, 7) is 3.97. The molecule has 4 fully saturated rings. The Morgan fingerprint density at radius 3 is 1.00 bits per heavy atom. The molecule has 2 heterocycles. The summed E-state index contributed by atoms with van der Waals surface area (Å²) in [4.78, 5) is 38.6. The van der Waals surface area contributed by atoms with E-state index < -0.39 is 31.2 Å². The molecule has 0 radical (unpaired) electrons. The van der Waals surface area contributed by atoms with Gasteiger partial charge in [-0.15, -0.1) is 0 Å². The Morgan fingerprint density at radius 1 is 0.465 bits per heavy atom. The van der Waals surface area contributed by atoms with E-state index in [1.54, 1.807) is 24.8 Å². The minimum Gasteiger partial charge on any atom is -0.431 e. The van der Waals surface area contributed by atoms with Crippen LogP contribution in [-0.4, -0.2) is 78.8 Å². The standard InChI is InChI=1S/C20H34F2O3.2C18H15S.C16H30O.C7H6N4O.C3H6F2O.CH4/c1-3-4-5-15-6-8-16(9-7-15)17-10-12-18(13-11-17)25-19(23)24-14-20(2,21)22;2*1-4-10-16(11-5-1)19(17-12-6-2-7-13-17)18-14-8-3-9-15-18;1-2-3-4-13-5-7-14(8-6-13)15-9-11-16(17)12-10-15;12-7(10-3-1-8-5-10)11-4-2-9-6-11;1-3(4,5)2-6;/h15-18H,3-14H2,1-2H3;2*1-15H;13-17H,2-12H2,1H3;1-6H;6H,2H2,1H3;1H4/q;2*+1;;;;. The fourth-order valence-corrected chi connectivity index (χ4v) is 17.7. The summed E-state index contributed by atoms with van der Waals surface area (Å²) >= 11 is 0. The van der Waals surface area contributed by atoms with Crippen molar-refractivity contribution in [3.8, 4) is 0 Å². The lowest BCUT2D eigenvalue weighted by Crippen LogP contribution is -2.31. The van der Waals surface area contributed by atoms with Crippen molar-refractivity contribution in [1.82, 2.24) is 19.1 Å². The van der Waals surface area contributed by atoms with Crippen LogP contribution in [0.1, 0.15) is 176 Å². The molecule has 4 saturated carbocycles. The maximum atomic E-state index is 12.7. The molecule has 0 aliphatic heterocycles. The number of aromatic nitrogens is 4. The van der Waals surface area contributed by atoms with E-state index in [1.807, 2.05) is 0 Å². The highest BCUT2D eigenvalue weighted by molar-refractivity contribution is 7.97. The highest BCUT2D eigenvalue weighted by Gasteiger charge is 2.35. The van der Waals surface area contributed by atoms with Gasteiger partial charge in [0.25, 0.3) is 11.8 Å². The lowest BCUT2D eigenvalue weighted by molar-refractivity contribution is -0.0670. The van der Waals surface area contributed by atoms with Crippen LogP contribution < -0.4 is 0 Å². The van der Waals surface area contributed by atoms with Crippen LogP contribution in [0.25, 0.3) is 0 Å². The van der Waals surface area contributed by atoms with Gasteiger partial charge in [0.15, 0.2) is 36.0 Å². The summed E-state index contributed by atoms with van der Waals surface area (Å²) in [7, 11) is -0.0293. The number of carbonyl (C=O) groups excluding carboxylic acids is 2. The smallest absolute Gasteiger partial charge is 0.431 e. The average molecular weight is 1400 g/mol. The Morgan fingerprint density at radius 2 is 0.747 bits per heavy atom. The Bertz CT molecular complexity index is 2980. The zero-order valence-corrected chi connectivity index (χ0v) is 59.7. The predicted molar refractivity (Wildman–Crippen MR) is 395 cm³/mol. The Labute approximate surface area is 594 Å². The number of hydrogen-bond acceptors (Lipinski definition) is 8. The van der Waals surface area contributed by atoms with Crippen LogP contribution >= 0.6 is 0 Å². The Kier molecular flexibility index (Phi) is 36.2. The van der Waals surface area contributed by atoms with Crippen LogP contribution in [-0.2, 0) is 31.3 Å². The number of hydrogen-bond donors (Lipinski definition) is 2. The SMILES string of the molecule is C.CC(F)(F)CO.CCCCC1CCC(C2CCC(O)CC2)CC1.CCCCC1CCC(C2CCC(OC(=O)OCC(C)(F)F)CC2)CC1.O=C(n1ccnc1)n1ccnc1.c1ccc([S+](c2ccccc2)c2ccccc2)cc1.c1ccc([S+](c2ccccc2)c2ccccc2)cc1. The number of rotatable bonds is 18. The molecule has 99 heavy (non-hydrogen) atoms. The summed E-state index contributed by atoms with van der Waals surface area (Å²) in [6.07, 6.45) is 36.3. The van der Waals surface area contributed by atoms with Crippen LogP contribution in [0.2, 0.25) is 0 Å². The van der Waals surface area contributed by atoms with Gasteiger partial charge < -0.3 is 19.7 Å². The van der Waals surface area contributed by atoms with Crippen molar-refractivity contribution in [3.05, 3.63) is 219 Å². The molecular formula is C83H110F4N4O6S2+2. The molecule has 8 aromatic rings. The zero-order chi connectivity index (χ0) is 69.8. The summed E-state index contributed by atoms with van der Waals surface area (Å²) in [5, 5.41) is 17.2. The lowest BCUT2D eigenvalue weighted by Gasteiger charge is -2.37. The molecule has 12 rings (SSSR count). The minimum atomic E-state index is -3.01. The second-order valence-electron chi connectivity index (χ2n) is 26.6. The summed E-state index contributed by atoms with van der Waals surface area (Å²) in [6, 6.07) is 64.1. The fraction of sp³-hybridized carbons (Fsp3) is 0.470. The first kappa shape index (κ1) is 81.0. The first-order valence-corrected chi connectivity index (χ1v) is 38.1. The lowest BCUT2D eigenvalue weighted by atomic mass is 9.70. The molecule has 0 atom stereocenters. The van der Waals surface area contributed by atoms with Gasteiger partial charge >= 0.3 is 12.2 Å². The van der Waals surface area contributed by atoms with E-state index in [-0.39, 0.29) is 47.5 Å². The number of unbranched alkanes of at least 4 members (excludes halogenated alkanes) is 2. The van der Waals surface area contributed by atoms with E-state index >= 15 is 0 Å². The molecule has 4 aliphatic rings. The molecule has 0 spiro atoms. The topological polar surface area (TPSA) is 129 Å². The maximum Gasteiger partial charge on any atom is 0.508 e. The van der Waals surface area contributed by atoms with Crippen LogP contribution in [0.3, 0.4) is 0 Å². The van der Waals surface area contributed by atoms with Gasteiger partial charge in [0.05, 0.1) is 27.9 Å². The van der Waals surface area contributed by atoms with Gasteiger partial charge in [-0.3, -0.25) is 9.13 Å². The van der Waals surface area contributed by atoms with E-state index in [4.69, 9.17) is 9.84 Å². The van der Waals surface area contributed by atoms with E-state index in [9.17, 15) is 32.3 Å². The van der Waals surface area contributed by atoms with Gasteiger partial charge in [0, 0.05) is 38.6 Å². The average Bonchev–Trinajstić information content (AvgIpc) is 1.37. The molecule has 2 N–H and O–H groups in total. The van der Waals surface area contributed by atoms with E-state index in [2.05, 4.69) is 211 Å². The summed E-state index contributed by atoms with van der Waals surface area (Å²) in [5.74, 6) is -0.423. The van der Waals surface area contributed by atoms with Crippen molar-refractivity contribution in [2.24, 2.45) is 35.5 Å². The number of aliphatic hydroxyl groups is 2. The first-order valence-electron chi connectivity index (χ1n) is 35.7. The van der Waals surface area contributed by atoms with Crippen molar-refractivity contribution >= 4 is 34.0 Å². The molecule has 0 amide bonds. The zero-order valence-electron chi connectivity index (χ0n) is 58.0. The first-order chi connectivity index (χ1) is 47.5. The number of benzene rings is 6. The molecular weight excluding hydrogens is 1290 g/mol. The molecule has 0 saturated heterocycles. The number of ether oxygens (including phenoxy) is 2. The maximum absolute atomic E-state index is 12.7. The largest absolute Gasteiger partial charge is 0.508 e. The normalized spacial score (nSPS) is 20.5. The monoisotopic (exact) mass is 1400 g/mol. The molecule has 0 bridgehead atoms. The predicted octanol–water partition coefficient (Wildman–Crippen LogP) is 22.3. The van der Waals surface area contributed by atoms with Gasteiger partial charge in [-0.05, 0) is 185 Å². The van der Waals surface area contributed by atoms with Crippen LogP contribution in [0, 0.1) is 35.5 Å². The second kappa shape index (κ2) is 44.3. The Balaban J connectivity index is 0.000000193. The van der Waals surface area contributed by atoms with Crippen molar-refractivity contribution in [2.75, 3.05) is 13.2 Å².